The Hall–Kier alpha value is -1.64. The number of nitrogens with zero attached hydrogens (tertiary/aromatic N) is 4. The molecule has 0 saturated carbocycles. The highest BCUT2D eigenvalue weighted by Crippen LogP contribution is 2.35. The number of aryl methyl sites for hydroxylation is 1. The number of hydrogen-bond acceptors (Lipinski definition) is 7. The first-order valence-corrected chi connectivity index (χ1v) is 7.36. The van der Waals surface area contributed by atoms with Crippen molar-refractivity contribution in [3.8, 4) is 0 Å². The van der Waals surface area contributed by atoms with Gasteiger partial charge in [-0.3, -0.25) is 4.68 Å². The van der Waals surface area contributed by atoms with Crippen molar-refractivity contribution in [1.29, 1.82) is 0 Å². The lowest BCUT2D eigenvalue weighted by molar-refractivity contribution is -0.382. The number of rotatable bonds is 4. The van der Waals surface area contributed by atoms with Crippen LogP contribution in [0.15, 0.2) is 23.6 Å². The zero-order valence-corrected chi connectivity index (χ0v) is 12.2. The van der Waals surface area contributed by atoms with Gasteiger partial charge in [0.05, 0.1) is 5.56 Å². The fraction of sp³-hybridized carbons (Fsp3) is 0.417. The summed E-state index contributed by atoms with van der Waals surface area (Å²) in [6, 6.07) is 1.87. The van der Waals surface area contributed by atoms with E-state index in [-0.39, 0.29) is 6.29 Å². The van der Waals surface area contributed by atoms with Crippen LogP contribution in [-0.2, 0) is 16.5 Å². The van der Waals surface area contributed by atoms with Crippen molar-refractivity contribution in [1.82, 2.24) is 19.7 Å². The summed E-state index contributed by atoms with van der Waals surface area (Å²) in [6.45, 7) is 1.85. The summed E-state index contributed by atoms with van der Waals surface area (Å²) in [5, 5.41) is 8.13. The van der Waals surface area contributed by atoms with E-state index in [1.54, 1.807) is 10.9 Å². The van der Waals surface area contributed by atoms with E-state index in [0.29, 0.717) is 16.8 Å². The molecule has 0 aliphatic carbocycles. The molecular weight excluding hydrogens is 278 g/mol. The molecule has 8 heteroatoms. The molecule has 0 amide bonds. The van der Waals surface area contributed by atoms with Gasteiger partial charge in [0.15, 0.2) is 23.6 Å². The van der Waals surface area contributed by atoms with Gasteiger partial charge in [-0.15, -0.1) is 0 Å². The zero-order valence-electron chi connectivity index (χ0n) is 11.4. The van der Waals surface area contributed by atoms with Crippen molar-refractivity contribution in [2.24, 2.45) is 7.05 Å². The van der Waals surface area contributed by atoms with Gasteiger partial charge >= 0.3 is 0 Å². The molecule has 3 rings (SSSR count). The van der Waals surface area contributed by atoms with Crippen molar-refractivity contribution in [2.75, 3.05) is 11.6 Å². The zero-order chi connectivity index (χ0) is 14.1. The molecule has 1 aliphatic rings. The SMILES string of the molecule is CSc1ncc(C2OC(C)O2)c(Nc2ccn(C)n2)n1. The Kier molecular flexibility index (Phi) is 3.60. The molecule has 0 aromatic carbocycles. The molecule has 2 aromatic heterocycles. The maximum Gasteiger partial charge on any atom is 0.194 e. The molecule has 0 radical (unpaired) electrons. The molecule has 2 aromatic rings. The van der Waals surface area contributed by atoms with Crippen LogP contribution < -0.4 is 5.32 Å². The summed E-state index contributed by atoms with van der Waals surface area (Å²) < 4.78 is 12.7. The highest BCUT2D eigenvalue weighted by molar-refractivity contribution is 7.98. The van der Waals surface area contributed by atoms with Gasteiger partial charge in [0.25, 0.3) is 0 Å². The number of hydrogen-bond donors (Lipinski definition) is 1. The molecular formula is C12H15N5O2S. The fourth-order valence-corrected chi connectivity index (χ4v) is 2.19. The quantitative estimate of drug-likeness (QED) is 0.683. The first-order chi connectivity index (χ1) is 9.65. The van der Waals surface area contributed by atoms with Gasteiger partial charge in [0.2, 0.25) is 0 Å². The minimum Gasteiger partial charge on any atom is -0.323 e. The standard InChI is InChI=1S/C12H15N5O2S/c1-7-18-11(19-7)8-6-13-12(20-3)15-10(8)14-9-4-5-17(2)16-9/h4-7,11H,1-3H3,(H,13,14,15,16). The third kappa shape index (κ3) is 2.62. The van der Waals surface area contributed by atoms with Gasteiger partial charge in [0.1, 0.15) is 5.82 Å². The number of ether oxygens (including phenoxy) is 2. The maximum atomic E-state index is 5.51. The lowest BCUT2D eigenvalue weighted by Crippen LogP contribution is -2.32. The molecule has 3 heterocycles. The van der Waals surface area contributed by atoms with E-state index in [9.17, 15) is 0 Å². The van der Waals surface area contributed by atoms with Crippen LogP contribution in [0, 0.1) is 0 Å². The number of anilines is 2. The number of aromatic nitrogens is 4. The Morgan fingerprint density at radius 2 is 2.20 bits per heavy atom. The third-order valence-electron chi connectivity index (χ3n) is 2.82. The Labute approximate surface area is 120 Å². The second-order valence-electron chi connectivity index (χ2n) is 4.33. The predicted octanol–water partition coefficient (Wildman–Crippen LogP) is 2.07. The van der Waals surface area contributed by atoms with E-state index in [4.69, 9.17) is 9.47 Å². The molecule has 106 valence electrons. The summed E-state index contributed by atoms with van der Waals surface area (Å²) >= 11 is 1.48. The average Bonchev–Trinajstić information content (AvgIpc) is 2.81. The molecule has 1 fully saturated rings. The summed E-state index contributed by atoms with van der Waals surface area (Å²) in [4.78, 5) is 8.71. The molecule has 1 N–H and O–H groups in total. The average molecular weight is 293 g/mol. The summed E-state index contributed by atoms with van der Waals surface area (Å²) in [7, 11) is 1.86. The largest absolute Gasteiger partial charge is 0.323 e. The summed E-state index contributed by atoms with van der Waals surface area (Å²) in [5.74, 6) is 1.37. The summed E-state index contributed by atoms with van der Waals surface area (Å²) in [6.07, 6.45) is 4.89. The van der Waals surface area contributed by atoms with E-state index in [2.05, 4.69) is 20.4 Å². The first-order valence-electron chi connectivity index (χ1n) is 6.14. The molecule has 0 unspecified atom stereocenters. The predicted molar refractivity (Wildman–Crippen MR) is 74.7 cm³/mol. The normalized spacial score (nSPS) is 21.6. The van der Waals surface area contributed by atoms with Gasteiger partial charge in [-0.25, -0.2) is 9.97 Å². The lowest BCUT2D eigenvalue weighted by Gasteiger charge is -2.34. The fourth-order valence-electron chi connectivity index (χ4n) is 1.85. The Balaban J connectivity index is 1.89. The van der Waals surface area contributed by atoms with Crippen LogP contribution in [0.2, 0.25) is 0 Å². The van der Waals surface area contributed by atoms with Crippen molar-refractivity contribution in [3.63, 3.8) is 0 Å². The van der Waals surface area contributed by atoms with Gasteiger partial charge in [-0.05, 0) is 13.2 Å². The topological polar surface area (TPSA) is 74.1 Å². The Morgan fingerprint density at radius 1 is 1.40 bits per heavy atom. The molecule has 1 aliphatic heterocycles. The maximum absolute atomic E-state index is 5.51. The molecule has 0 bridgehead atoms. The molecule has 1 saturated heterocycles. The van der Waals surface area contributed by atoms with Crippen molar-refractivity contribution in [3.05, 3.63) is 24.0 Å². The number of nitrogens with one attached hydrogen (secondary N) is 1. The van der Waals surface area contributed by atoms with Gasteiger partial charge < -0.3 is 14.8 Å². The van der Waals surface area contributed by atoms with E-state index in [1.807, 2.05) is 32.5 Å². The van der Waals surface area contributed by atoms with Crippen LogP contribution in [0.3, 0.4) is 0 Å². The molecule has 20 heavy (non-hydrogen) atoms. The lowest BCUT2D eigenvalue weighted by atomic mass is 10.2. The minimum absolute atomic E-state index is 0.192. The van der Waals surface area contributed by atoms with Gasteiger partial charge in [-0.1, -0.05) is 11.8 Å². The van der Waals surface area contributed by atoms with Gasteiger partial charge in [0, 0.05) is 25.5 Å². The van der Waals surface area contributed by atoms with Crippen molar-refractivity contribution < 1.29 is 9.47 Å². The van der Waals surface area contributed by atoms with Crippen LogP contribution in [-0.4, -0.2) is 32.3 Å². The highest BCUT2D eigenvalue weighted by atomic mass is 32.2. The smallest absolute Gasteiger partial charge is 0.194 e. The van der Waals surface area contributed by atoms with E-state index in [1.165, 1.54) is 11.8 Å². The van der Waals surface area contributed by atoms with E-state index >= 15 is 0 Å². The second kappa shape index (κ2) is 5.39. The minimum atomic E-state index is -0.424. The number of thioether (sulfide) groups is 1. The van der Waals surface area contributed by atoms with Crippen molar-refractivity contribution >= 4 is 23.4 Å². The molecule has 7 nitrogen and oxygen atoms in total. The van der Waals surface area contributed by atoms with Crippen LogP contribution in [0.1, 0.15) is 18.8 Å². The Bertz CT molecular complexity index is 612. The van der Waals surface area contributed by atoms with E-state index in [0.717, 1.165) is 5.56 Å². The second-order valence-corrected chi connectivity index (χ2v) is 5.11. The molecule has 0 spiro atoms. The highest BCUT2D eigenvalue weighted by Gasteiger charge is 2.31. The van der Waals surface area contributed by atoms with E-state index < -0.39 is 6.29 Å². The first kappa shape index (κ1) is 13.3. The molecule has 0 atom stereocenters. The Morgan fingerprint density at radius 3 is 2.80 bits per heavy atom. The van der Waals surface area contributed by atoms with Crippen molar-refractivity contribution in [2.45, 2.75) is 24.7 Å². The van der Waals surface area contributed by atoms with Crippen LogP contribution in [0.4, 0.5) is 11.6 Å². The van der Waals surface area contributed by atoms with Crippen LogP contribution in [0.5, 0.6) is 0 Å². The van der Waals surface area contributed by atoms with Crippen LogP contribution >= 0.6 is 11.8 Å². The van der Waals surface area contributed by atoms with Gasteiger partial charge in [-0.2, -0.15) is 5.10 Å². The third-order valence-corrected chi connectivity index (χ3v) is 3.38. The van der Waals surface area contributed by atoms with Crippen LogP contribution in [0.25, 0.3) is 0 Å². The monoisotopic (exact) mass is 293 g/mol. The summed E-state index contributed by atoms with van der Waals surface area (Å²) in [5.41, 5.74) is 0.770.